The molecule has 104 valence electrons. The van der Waals surface area contributed by atoms with E-state index in [4.69, 9.17) is 0 Å². The van der Waals surface area contributed by atoms with E-state index in [1.165, 1.54) is 16.7 Å². The highest BCUT2D eigenvalue weighted by atomic mass is 16.1. The minimum absolute atomic E-state index is 0.00343. The highest BCUT2D eigenvalue weighted by molar-refractivity contribution is 5.94. The molecule has 2 aromatic rings. The Morgan fingerprint density at radius 3 is 2.20 bits per heavy atom. The predicted molar refractivity (Wildman–Crippen MR) is 83.0 cm³/mol. The first-order valence-corrected chi connectivity index (χ1v) is 6.92. The maximum atomic E-state index is 12.2. The van der Waals surface area contributed by atoms with Crippen LogP contribution in [0.15, 0.2) is 42.5 Å². The molecule has 0 spiro atoms. The standard InChI is InChI=1S/C18H21NO/c1-12-6-9-16(10-7-12)18(20)19-15(4)17-11-13(2)5-8-14(17)3/h5-11,15H,1-4H3,(H,19,20)/t15-/m1/s1. The zero-order valence-corrected chi connectivity index (χ0v) is 12.5. The van der Waals surface area contributed by atoms with E-state index >= 15 is 0 Å². The second-order valence-corrected chi connectivity index (χ2v) is 5.42. The zero-order valence-electron chi connectivity index (χ0n) is 12.5. The van der Waals surface area contributed by atoms with Crippen molar-refractivity contribution in [3.05, 3.63) is 70.3 Å². The van der Waals surface area contributed by atoms with Gasteiger partial charge >= 0.3 is 0 Å². The van der Waals surface area contributed by atoms with Gasteiger partial charge in [0.25, 0.3) is 5.91 Å². The largest absolute Gasteiger partial charge is 0.346 e. The van der Waals surface area contributed by atoms with E-state index in [1.807, 2.05) is 38.1 Å². The average Bonchev–Trinajstić information content (AvgIpc) is 2.42. The van der Waals surface area contributed by atoms with Gasteiger partial charge in [-0.1, -0.05) is 41.5 Å². The van der Waals surface area contributed by atoms with Gasteiger partial charge in [0.2, 0.25) is 0 Å². The molecule has 0 heterocycles. The maximum absolute atomic E-state index is 12.2. The van der Waals surface area contributed by atoms with Gasteiger partial charge in [-0.15, -0.1) is 0 Å². The molecule has 2 aromatic carbocycles. The van der Waals surface area contributed by atoms with Gasteiger partial charge in [-0.3, -0.25) is 4.79 Å². The number of carbonyl (C=O) groups is 1. The van der Waals surface area contributed by atoms with E-state index in [2.05, 4.69) is 37.4 Å². The quantitative estimate of drug-likeness (QED) is 0.891. The van der Waals surface area contributed by atoms with Crippen LogP contribution in [-0.2, 0) is 0 Å². The molecule has 0 unspecified atom stereocenters. The van der Waals surface area contributed by atoms with Crippen LogP contribution < -0.4 is 5.32 Å². The second-order valence-electron chi connectivity index (χ2n) is 5.42. The van der Waals surface area contributed by atoms with Crippen molar-refractivity contribution in [2.75, 3.05) is 0 Å². The fourth-order valence-electron chi connectivity index (χ4n) is 2.29. The van der Waals surface area contributed by atoms with Gasteiger partial charge in [-0.25, -0.2) is 0 Å². The number of amides is 1. The van der Waals surface area contributed by atoms with E-state index < -0.39 is 0 Å². The van der Waals surface area contributed by atoms with Crippen molar-refractivity contribution in [1.29, 1.82) is 0 Å². The van der Waals surface area contributed by atoms with E-state index in [0.717, 1.165) is 5.56 Å². The number of hydrogen-bond donors (Lipinski definition) is 1. The zero-order chi connectivity index (χ0) is 14.7. The van der Waals surface area contributed by atoms with Crippen LogP contribution in [0.25, 0.3) is 0 Å². The van der Waals surface area contributed by atoms with Crippen LogP contribution in [0.3, 0.4) is 0 Å². The summed E-state index contributed by atoms with van der Waals surface area (Å²) in [5.74, 6) is -0.0293. The molecule has 1 amide bonds. The van der Waals surface area contributed by atoms with Crippen molar-refractivity contribution in [3.63, 3.8) is 0 Å². The maximum Gasteiger partial charge on any atom is 0.251 e. The van der Waals surface area contributed by atoms with Crippen molar-refractivity contribution < 1.29 is 4.79 Å². The topological polar surface area (TPSA) is 29.1 Å². The Hall–Kier alpha value is -2.09. The fraction of sp³-hybridized carbons (Fsp3) is 0.278. The minimum Gasteiger partial charge on any atom is -0.346 e. The van der Waals surface area contributed by atoms with Crippen LogP contribution in [-0.4, -0.2) is 5.91 Å². The van der Waals surface area contributed by atoms with Crippen LogP contribution in [0.1, 0.15) is 45.6 Å². The van der Waals surface area contributed by atoms with E-state index in [9.17, 15) is 4.79 Å². The smallest absolute Gasteiger partial charge is 0.251 e. The third kappa shape index (κ3) is 3.27. The molecule has 0 aromatic heterocycles. The Labute approximate surface area is 120 Å². The molecule has 20 heavy (non-hydrogen) atoms. The molecule has 0 saturated carbocycles. The summed E-state index contributed by atoms with van der Waals surface area (Å²) in [6.45, 7) is 8.18. The molecule has 0 aliphatic rings. The Balaban J connectivity index is 2.15. The fourth-order valence-corrected chi connectivity index (χ4v) is 2.29. The number of carbonyl (C=O) groups excluding carboxylic acids is 1. The van der Waals surface area contributed by atoms with Gasteiger partial charge in [0.15, 0.2) is 0 Å². The Bertz CT molecular complexity index is 614. The highest BCUT2D eigenvalue weighted by Crippen LogP contribution is 2.19. The van der Waals surface area contributed by atoms with Gasteiger partial charge in [-0.2, -0.15) is 0 Å². The van der Waals surface area contributed by atoms with E-state index in [-0.39, 0.29) is 11.9 Å². The van der Waals surface area contributed by atoms with Crippen LogP contribution in [0.2, 0.25) is 0 Å². The molecule has 0 saturated heterocycles. The summed E-state index contributed by atoms with van der Waals surface area (Å²) in [5.41, 5.74) is 5.44. The normalized spacial score (nSPS) is 12.0. The molecule has 0 aliphatic carbocycles. The van der Waals surface area contributed by atoms with Crippen molar-refractivity contribution in [3.8, 4) is 0 Å². The third-order valence-corrected chi connectivity index (χ3v) is 3.56. The molecular weight excluding hydrogens is 246 g/mol. The summed E-state index contributed by atoms with van der Waals surface area (Å²) >= 11 is 0. The molecule has 0 fully saturated rings. The van der Waals surface area contributed by atoms with E-state index in [0.29, 0.717) is 5.56 Å². The molecular formula is C18H21NO. The lowest BCUT2D eigenvalue weighted by Crippen LogP contribution is -2.27. The van der Waals surface area contributed by atoms with Gasteiger partial charge in [0.1, 0.15) is 0 Å². The third-order valence-electron chi connectivity index (χ3n) is 3.56. The lowest BCUT2D eigenvalue weighted by atomic mass is 9.99. The molecule has 0 radical (unpaired) electrons. The van der Waals surface area contributed by atoms with Gasteiger partial charge in [0, 0.05) is 5.56 Å². The molecule has 2 nitrogen and oxygen atoms in total. The van der Waals surface area contributed by atoms with Crippen LogP contribution in [0.4, 0.5) is 0 Å². The number of hydrogen-bond acceptors (Lipinski definition) is 1. The van der Waals surface area contributed by atoms with Gasteiger partial charge in [0.05, 0.1) is 6.04 Å². The van der Waals surface area contributed by atoms with Gasteiger partial charge in [-0.05, 0) is 51.0 Å². The first kappa shape index (κ1) is 14.3. The molecule has 1 atom stereocenters. The lowest BCUT2D eigenvalue weighted by Gasteiger charge is -2.17. The van der Waals surface area contributed by atoms with Crippen molar-refractivity contribution in [2.45, 2.75) is 33.7 Å². The highest BCUT2D eigenvalue weighted by Gasteiger charge is 2.13. The number of rotatable bonds is 3. The van der Waals surface area contributed by atoms with Crippen LogP contribution in [0, 0.1) is 20.8 Å². The van der Waals surface area contributed by atoms with E-state index in [1.54, 1.807) is 0 Å². The Kier molecular flexibility index (Phi) is 4.23. The molecule has 2 heteroatoms. The molecule has 0 bridgehead atoms. The first-order valence-electron chi connectivity index (χ1n) is 6.92. The number of aryl methyl sites for hydroxylation is 3. The molecule has 2 rings (SSSR count). The number of nitrogens with one attached hydrogen (secondary N) is 1. The second kappa shape index (κ2) is 5.91. The Morgan fingerprint density at radius 2 is 1.55 bits per heavy atom. The SMILES string of the molecule is Cc1ccc(C(=O)N[C@H](C)c2cc(C)ccc2C)cc1. The van der Waals surface area contributed by atoms with Crippen molar-refractivity contribution in [2.24, 2.45) is 0 Å². The van der Waals surface area contributed by atoms with Crippen molar-refractivity contribution >= 4 is 5.91 Å². The monoisotopic (exact) mass is 267 g/mol. The summed E-state index contributed by atoms with van der Waals surface area (Å²) in [6.07, 6.45) is 0. The van der Waals surface area contributed by atoms with Crippen molar-refractivity contribution in [1.82, 2.24) is 5.32 Å². The molecule has 1 N–H and O–H groups in total. The predicted octanol–water partition coefficient (Wildman–Crippen LogP) is 4.10. The van der Waals surface area contributed by atoms with Gasteiger partial charge < -0.3 is 5.32 Å². The summed E-state index contributed by atoms with van der Waals surface area (Å²) in [5, 5.41) is 3.06. The van der Waals surface area contributed by atoms with Crippen LogP contribution >= 0.6 is 0 Å². The summed E-state index contributed by atoms with van der Waals surface area (Å²) in [4.78, 5) is 12.2. The lowest BCUT2D eigenvalue weighted by molar-refractivity contribution is 0.0940. The van der Waals surface area contributed by atoms with Crippen LogP contribution in [0.5, 0.6) is 0 Å². The summed E-state index contributed by atoms with van der Waals surface area (Å²) in [7, 11) is 0. The number of benzene rings is 2. The summed E-state index contributed by atoms with van der Waals surface area (Å²) in [6, 6.07) is 14.0. The molecule has 0 aliphatic heterocycles. The Morgan fingerprint density at radius 1 is 0.950 bits per heavy atom. The minimum atomic E-state index is -0.0293. The average molecular weight is 267 g/mol. The first-order chi connectivity index (χ1) is 9.47. The summed E-state index contributed by atoms with van der Waals surface area (Å²) < 4.78 is 0.